The molecule has 1 aromatic carbocycles. The molecule has 9 heteroatoms. The van der Waals surface area contributed by atoms with Crippen LogP contribution in [0.15, 0.2) is 37.4 Å². The Hall–Kier alpha value is -4.01. The minimum atomic E-state index is -0.270. The molecule has 0 aliphatic carbocycles. The van der Waals surface area contributed by atoms with Crippen LogP contribution in [0.1, 0.15) is 35.3 Å². The maximum absolute atomic E-state index is 14.6. The normalized spacial score (nSPS) is 12.5. The fraction of sp³-hybridized carbons (Fsp3) is 0.280. The summed E-state index contributed by atoms with van der Waals surface area (Å²) in [5, 5.41) is 3.28. The van der Waals surface area contributed by atoms with Crippen LogP contribution in [-0.2, 0) is 17.7 Å². The van der Waals surface area contributed by atoms with E-state index in [0.29, 0.717) is 48.4 Å². The van der Waals surface area contributed by atoms with E-state index in [9.17, 15) is 4.39 Å². The number of aryl methyl sites for hydroxylation is 2. The van der Waals surface area contributed by atoms with Gasteiger partial charge in [-0.1, -0.05) is 6.58 Å². The molecule has 0 radical (unpaired) electrons. The lowest BCUT2D eigenvalue weighted by Crippen LogP contribution is -2.10. The van der Waals surface area contributed by atoms with Crippen molar-refractivity contribution in [1.82, 2.24) is 24.3 Å². The SMILES string of the molecule is C=C(OCC)c1ncn2c(NCc3c(F)ccc4c3CCO4)ncc(-c3cnc(C)nc3C)c12. The van der Waals surface area contributed by atoms with Crippen molar-refractivity contribution in [2.24, 2.45) is 0 Å². The molecule has 1 aliphatic rings. The van der Waals surface area contributed by atoms with Gasteiger partial charge in [-0.15, -0.1) is 0 Å². The molecule has 34 heavy (non-hydrogen) atoms. The maximum atomic E-state index is 14.6. The molecule has 174 valence electrons. The number of aromatic nitrogens is 5. The highest BCUT2D eigenvalue weighted by atomic mass is 19.1. The van der Waals surface area contributed by atoms with Crippen LogP contribution in [0, 0.1) is 19.7 Å². The van der Waals surface area contributed by atoms with E-state index in [1.54, 1.807) is 24.8 Å². The van der Waals surface area contributed by atoms with Crippen molar-refractivity contribution in [3.8, 4) is 16.9 Å². The molecule has 0 saturated carbocycles. The minimum Gasteiger partial charge on any atom is -0.493 e. The molecule has 8 nitrogen and oxygen atoms in total. The first-order chi connectivity index (χ1) is 16.5. The van der Waals surface area contributed by atoms with Gasteiger partial charge in [0.2, 0.25) is 5.95 Å². The Morgan fingerprint density at radius 3 is 2.82 bits per heavy atom. The molecule has 5 rings (SSSR count). The third-order valence-corrected chi connectivity index (χ3v) is 5.90. The van der Waals surface area contributed by atoms with Gasteiger partial charge in [-0.05, 0) is 32.9 Å². The van der Waals surface area contributed by atoms with E-state index in [2.05, 4.69) is 31.8 Å². The molecule has 0 atom stereocenters. The number of rotatable bonds is 7. The number of anilines is 1. The summed E-state index contributed by atoms with van der Waals surface area (Å²) >= 11 is 0. The molecule has 1 N–H and O–H groups in total. The maximum Gasteiger partial charge on any atom is 0.208 e. The molecule has 0 saturated heterocycles. The van der Waals surface area contributed by atoms with Gasteiger partial charge in [-0.25, -0.2) is 24.3 Å². The number of fused-ring (bicyclic) bond motifs is 2. The number of nitrogens with one attached hydrogen (secondary N) is 1. The van der Waals surface area contributed by atoms with Crippen LogP contribution in [0.25, 0.3) is 22.4 Å². The van der Waals surface area contributed by atoms with Crippen LogP contribution < -0.4 is 10.1 Å². The third kappa shape index (κ3) is 3.72. The summed E-state index contributed by atoms with van der Waals surface area (Å²) in [5.74, 6) is 2.13. The smallest absolute Gasteiger partial charge is 0.208 e. The summed E-state index contributed by atoms with van der Waals surface area (Å²) in [7, 11) is 0. The van der Waals surface area contributed by atoms with Crippen molar-refractivity contribution in [3.63, 3.8) is 0 Å². The minimum absolute atomic E-state index is 0.256. The van der Waals surface area contributed by atoms with Crippen LogP contribution in [0.3, 0.4) is 0 Å². The molecule has 0 fully saturated rings. The summed E-state index contributed by atoms with van der Waals surface area (Å²) in [5.41, 5.74) is 5.30. The number of imidazole rings is 1. The van der Waals surface area contributed by atoms with Gasteiger partial charge in [0.15, 0.2) is 0 Å². The average Bonchev–Trinajstić information content (AvgIpc) is 3.47. The molecule has 0 bridgehead atoms. The molecule has 4 heterocycles. The fourth-order valence-electron chi connectivity index (χ4n) is 4.31. The standard InChI is InChI=1S/C25H25FN6O2/c1-5-33-15(3)23-24-20(18-10-27-16(4)31-14(18)2)12-29-25(32(24)13-30-23)28-11-19-17-8-9-34-22(17)7-6-21(19)26/h6-7,10,12-13H,3,5,8-9,11H2,1-2,4H3,(H,28,29). The van der Waals surface area contributed by atoms with E-state index in [0.717, 1.165) is 33.7 Å². The van der Waals surface area contributed by atoms with Crippen LogP contribution in [0.4, 0.5) is 10.3 Å². The second-order valence-electron chi connectivity index (χ2n) is 8.03. The zero-order valence-electron chi connectivity index (χ0n) is 19.4. The van der Waals surface area contributed by atoms with Crippen LogP contribution in [0.2, 0.25) is 0 Å². The second kappa shape index (κ2) is 8.74. The molecule has 0 amide bonds. The number of halogens is 1. The van der Waals surface area contributed by atoms with Gasteiger partial charge >= 0.3 is 0 Å². The Kier molecular flexibility index (Phi) is 5.61. The van der Waals surface area contributed by atoms with E-state index in [4.69, 9.17) is 9.47 Å². The van der Waals surface area contributed by atoms with Gasteiger partial charge in [0.1, 0.15) is 35.2 Å². The third-order valence-electron chi connectivity index (χ3n) is 5.90. The zero-order chi connectivity index (χ0) is 23.8. The number of hydrogen-bond donors (Lipinski definition) is 1. The first-order valence-corrected chi connectivity index (χ1v) is 11.1. The highest BCUT2D eigenvalue weighted by Gasteiger charge is 2.22. The highest BCUT2D eigenvalue weighted by molar-refractivity contribution is 5.88. The predicted octanol–water partition coefficient (Wildman–Crippen LogP) is 4.50. The van der Waals surface area contributed by atoms with Crippen molar-refractivity contribution in [2.45, 2.75) is 33.7 Å². The number of nitrogens with zero attached hydrogens (tertiary/aromatic N) is 5. The summed E-state index contributed by atoms with van der Waals surface area (Å²) in [4.78, 5) is 18.1. The molecule has 3 aromatic heterocycles. The molecule has 0 unspecified atom stereocenters. The number of ether oxygens (including phenoxy) is 2. The van der Waals surface area contributed by atoms with E-state index < -0.39 is 0 Å². The molecule has 4 aromatic rings. The lowest BCUT2D eigenvalue weighted by molar-refractivity contribution is 0.298. The van der Waals surface area contributed by atoms with Crippen molar-refractivity contribution < 1.29 is 13.9 Å². The molecular formula is C25H25FN6O2. The zero-order valence-corrected chi connectivity index (χ0v) is 19.4. The lowest BCUT2D eigenvalue weighted by atomic mass is 10.0. The Balaban J connectivity index is 1.60. The van der Waals surface area contributed by atoms with E-state index in [1.165, 1.54) is 6.07 Å². The van der Waals surface area contributed by atoms with Gasteiger partial charge < -0.3 is 14.8 Å². The van der Waals surface area contributed by atoms with Crippen molar-refractivity contribution >= 4 is 17.2 Å². The molecule has 0 spiro atoms. The fourth-order valence-corrected chi connectivity index (χ4v) is 4.31. The van der Waals surface area contributed by atoms with Crippen LogP contribution in [-0.4, -0.2) is 37.6 Å². The Morgan fingerprint density at radius 1 is 1.21 bits per heavy atom. The summed E-state index contributed by atoms with van der Waals surface area (Å²) in [6.45, 7) is 11.0. The highest BCUT2D eigenvalue weighted by Crippen LogP contribution is 2.33. The van der Waals surface area contributed by atoms with Crippen molar-refractivity contribution in [3.05, 3.63) is 71.6 Å². The number of benzene rings is 1. The largest absolute Gasteiger partial charge is 0.493 e. The Labute approximate surface area is 196 Å². The molecular weight excluding hydrogens is 435 g/mol. The van der Waals surface area contributed by atoms with Gasteiger partial charge in [0, 0.05) is 53.3 Å². The summed E-state index contributed by atoms with van der Waals surface area (Å²) < 4.78 is 27.7. The second-order valence-corrected chi connectivity index (χ2v) is 8.03. The number of hydrogen-bond acceptors (Lipinski definition) is 7. The summed E-state index contributed by atoms with van der Waals surface area (Å²) in [6.07, 6.45) is 5.87. The Bertz CT molecular complexity index is 1410. The molecule has 1 aliphatic heterocycles. The van der Waals surface area contributed by atoms with E-state index in [-0.39, 0.29) is 12.4 Å². The first kappa shape index (κ1) is 21.8. The van der Waals surface area contributed by atoms with E-state index >= 15 is 0 Å². The quantitative estimate of drug-likeness (QED) is 0.407. The van der Waals surface area contributed by atoms with Gasteiger partial charge in [0.25, 0.3) is 0 Å². The van der Waals surface area contributed by atoms with Gasteiger partial charge in [-0.3, -0.25) is 4.40 Å². The average molecular weight is 461 g/mol. The van der Waals surface area contributed by atoms with Crippen molar-refractivity contribution in [2.75, 3.05) is 18.5 Å². The van der Waals surface area contributed by atoms with Crippen LogP contribution >= 0.6 is 0 Å². The summed E-state index contributed by atoms with van der Waals surface area (Å²) in [6, 6.07) is 3.12. The topological polar surface area (TPSA) is 86.5 Å². The van der Waals surface area contributed by atoms with Gasteiger partial charge in [-0.2, -0.15) is 0 Å². The predicted molar refractivity (Wildman–Crippen MR) is 127 cm³/mol. The monoisotopic (exact) mass is 460 g/mol. The van der Waals surface area contributed by atoms with Gasteiger partial charge in [0.05, 0.1) is 18.7 Å². The lowest BCUT2D eigenvalue weighted by Gasteiger charge is -2.15. The van der Waals surface area contributed by atoms with E-state index in [1.807, 2.05) is 25.2 Å². The first-order valence-electron chi connectivity index (χ1n) is 11.1. The van der Waals surface area contributed by atoms with Crippen molar-refractivity contribution in [1.29, 1.82) is 0 Å². The van der Waals surface area contributed by atoms with Crippen LogP contribution in [0.5, 0.6) is 5.75 Å². The Morgan fingerprint density at radius 2 is 2.03 bits per heavy atom.